The average molecular weight is 1600 g/mol. The maximum atomic E-state index is 14.0. The van der Waals surface area contributed by atoms with Crippen LogP contribution in [0.15, 0.2) is 0 Å². The minimum absolute atomic E-state index is 0.0634. The van der Waals surface area contributed by atoms with Crippen LogP contribution in [0.4, 0.5) is 0 Å². The number of amides is 17. The van der Waals surface area contributed by atoms with Gasteiger partial charge in [-0.2, -0.15) is 0 Å². The van der Waals surface area contributed by atoms with Crippen LogP contribution in [0.2, 0.25) is 0 Å². The molecule has 0 aliphatic carbocycles. The lowest BCUT2D eigenvalue weighted by Crippen LogP contribution is -2.63. The van der Waals surface area contributed by atoms with Gasteiger partial charge in [-0.3, -0.25) is 91.1 Å². The normalized spacial score (nSPS) is 16.4. The highest BCUT2D eigenvalue weighted by Gasteiger charge is 2.41. The number of aliphatic carboxylic acids is 2. The standard InChI is InChI=1S/C69H120N18O25/c1-18-32(11)52(82-46(94)25-72-56(99)34(13)75-45(93)24-73-64(107)50(30(7)8)83-63(106)49(71)36(15)89)67(110)87-55(38(17)91)69(112)85-53(33(12)19-2)66(109)81-43(27-88)62(105)79-42(23-47(95)96)59(102)76-35(14)57(100)77-41(22-44(70)92)60(103)78-40(21-29(5)6)61(104)86-54(37(16)90)68(111)84-51(31(9)10)65(108)80-39(20-28(3)4)58(101)74-26-48(97)98/h28-43,49-55,88-91H,18-27,71H2,1-17H3,(H2,70,92)(H,72,99)(H,73,107)(H,74,101)(H,75,93)(H,76,102)(H,77,100)(H,78,103)(H,79,105)(H,80,108)(H,81,109)(H,82,94)(H,83,106)(H,84,111)(H,85,112)(H,86,104)(H,87,110)(H,95,96)(H,97,98)/t32-,33-,34-,35-,36+,37+,38+,39-,40-,41-,42-,43-,49-,50-,51-,52-,53-,54-,55-/m0/s1. The average Bonchev–Trinajstić information content (AvgIpc) is 0.850. The van der Waals surface area contributed by atoms with Crippen molar-refractivity contribution in [2.45, 2.75) is 259 Å². The van der Waals surface area contributed by atoms with Gasteiger partial charge in [0, 0.05) is 0 Å². The van der Waals surface area contributed by atoms with Crippen LogP contribution in [0.25, 0.3) is 0 Å². The van der Waals surface area contributed by atoms with Gasteiger partial charge in [0.1, 0.15) is 91.1 Å². The highest BCUT2D eigenvalue weighted by Crippen LogP contribution is 2.15. The number of carboxylic acid groups (broad SMARTS) is 2. The van der Waals surface area contributed by atoms with Crippen LogP contribution in [0.3, 0.4) is 0 Å². The van der Waals surface area contributed by atoms with E-state index in [2.05, 4.69) is 85.1 Å². The molecule has 0 heterocycles. The molecule has 0 unspecified atom stereocenters. The molecule has 0 saturated heterocycles. The van der Waals surface area contributed by atoms with Crippen molar-refractivity contribution in [1.29, 1.82) is 0 Å². The summed E-state index contributed by atoms with van der Waals surface area (Å²) >= 11 is 0. The van der Waals surface area contributed by atoms with Gasteiger partial charge in [0.15, 0.2) is 0 Å². The van der Waals surface area contributed by atoms with E-state index >= 15 is 0 Å². The lowest BCUT2D eigenvalue weighted by atomic mass is 9.96. The molecule has 0 aromatic carbocycles. The predicted molar refractivity (Wildman–Crippen MR) is 397 cm³/mol. The summed E-state index contributed by atoms with van der Waals surface area (Å²) in [5, 5.41) is 97.5. The molecule has 0 saturated carbocycles. The molecular formula is C69H120N18O25. The van der Waals surface area contributed by atoms with Crippen molar-refractivity contribution in [2.24, 2.45) is 47.0 Å². The predicted octanol–water partition coefficient (Wildman–Crippen LogP) is -8.93. The first-order valence-electron chi connectivity index (χ1n) is 36.7. The van der Waals surface area contributed by atoms with E-state index in [-0.39, 0.29) is 31.6 Å². The number of carboxylic acids is 2. The second-order valence-corrected chi connectivity index (χ2v) is 29.1. The largest absolute Gasteiger partial charge is 0.481 e. The number of nitrogens with one attached hydrogen (secondary N) is 16. The van der Waals surface area contributed by atoms with E-state index in [0.717, 1.165) is 20.8 Å². The highest BCUT2D eigenvalue weighted by atomic mass is 16.4. The fraction of sp³-hybridized carbons (Fsp3) is 0.725. The molecule has 0 spiro atoms. The zero-order valence-corrected chi connectivity index (χ0v) is 66.4. The second kappa shape index (κ2) is 49.9. The van der Waals surface area contributed by atoms with Crippen molar-refractivity contribution in [2.75, 3.05) is 26.2 Å². The Hall–Kier alpha value is -10.3. The van der Waals surface area contributed by atoms with Crippen LogP contribution in [-0.4, -0.2) is 272 Å². The Labute approximate surface area is 649 Å². The van der Waals surface area contributed by atoms with E-state index in [4.69, 9.17) is 16.6 Å². The number of primary amides is 1. The molecule has 112 heavy (non-hydrogen) atoms. The van der Waals surface area contributed by atoms with Crippen LogP contribution >= 0.6 is 0 Å². The minimum atomic E-state index is -2.10. The number of carbonyl (C=O) groups excluding carboxylic acids is 17. The molecule has 17 amide bonds. The van der Waals surface area contributed by atoms with Crippen molar-refractivity contribution in [3.63, 3.8) is 0 Å². The summed E-state index contributed by atoms with van der Waals surface area (Å²) in [6.07, 6.45) is -6.52. The summed E-state index contributed by atoms with van der Waals surface area (Å²) in [5.74, 6) is -24.3. The first-order valence-corrected chi connectivity index (χ1v) is 36.7. The number of aliphatic hydroxyl groups is 4. The first kappa shape index (κ1) is 102. The molecule has 0 aliphatic heterocycles. The Morgan fingerprint density at radius 2 is 0.643 bits per heavy atom. The number of nitrogens with two attached hydrogens (primary N) is 2. The highest BCUT2D eigenvalue weighted by molar-refractivity contribution is 6.02. The van der Waals surface area contributed by atoms with E-state index < -0.39 is 284 Å². The molecule has 0 rings (SSSR count). The van der Waals surface area contributed by atoms with Crippen molar-refractivity contribution in [3.8, 4) is 0 Å². The van der Waals surface area contributed by atoms with Gasteiger partial charge in [0.05, 0.1) is 50.8 Å². The van der Waals surface area contributed by atoms with E-state index in [1.165, 1.54) is 34.6 Å². The molecule has 0 fully saturated rings. The molecule has 0 aliphatic rings. The molecule has 0 radical (unpaired) electrons. The molecule has 0 aromatic rings. The number of carbonyl (C=O) groups is 19. The Balaban J connectivity index is 6.41. The van der Waals surface area contributed by atoms with Crippen molar-refractivity contribution < 1.29 is 122 Å². The van der Waals surface area contributed by atoms with E-state index in [0.29, 0.717) is 0 Å². The van der Waals surface area contributed by atoms with Gasteiger partial charge in [-0.05, 0) is 83.0 Å². The lowest BCUT2D eigenvalue weighted by molar-refractivity contribution is -0.142. The third-order valence-corrected chi connectivity index (χ3v) is 17.4. The summed E-state index contributed by atoms with van der Waals surface area (Å²) in [5.41, 5.74) is 11.1. The third kappa shape index (κ3) is 36.7. The molecule has 19 atom stereocenters. The zero-order valence-electron chi connectivity index (χ0n) is 66.4. The number of aliphatic hydroxyl groups excluding tert-OH is 4. The van der Waals surface area contributed by atoms with Crippen LogP contribution in [-0.2, 0) is 91.1 Å². The van der Waals surface area contributed by atoms with E-state index in [9.17, 15) is 117 Å². The zero-order chi connectivity index (χ0) is 86.6. The number of rotatable bonds is 51. The summed E-state index contributed by atoms with van der Waals surface area (Å²) in [7, 11) is 0. The third-order valence-electron chi connectivity index (χ3n) is 17.4. The van der Waals surface area contributed by atoms with Crippen LogP contribution in [0, 0.1) is 35.5 Å². The van der Waals surface area contributed by atoms with Crippen LogP contribution in [0.1, 0.15) is 156 Å². The van der Waals surface area contributed by atoms with Gasteiger partial charge in [0.25, 0.3) is 0 Å². The summed E-state index contributed by atoms with van der Waals surface area (Å²) in [6, 6.07) is -22.6. The minimum Gasteiger partial charge on any atom is -0.481 e. The van der Waals surface area contributed by atoms with Crippen molar-refractivity contribution >= 4 is 112 Å². The second-order valence-electron chi connectivity index (χ2n) is 29.1. The summed E-state index contributed by atoms with van der Waals surface area (Å²) in [6.45, 7) is 21.7. The summed E-state index contributed by atoms with van der Waals surface area (Å²) in [4.78, 5) is 251. The van der Waals surface area contributed by atoms with Gasteiger partial charge in [-0.15, -0.1) is 0 Å². The quantitative estimate of drug-likeness (QED) is 0.0269. The van der Waals surface area contributed by atoms with Gasteiger partial charge in [-0.1, -0.05) is 95.9 Å². The summed E-state index contributed by atoms with van der Waals surface area (Å²) < 4.78 is 0. The number of hydrogen-bond donors (Lipinski definition) is 24. The number of hydrogen-bond acceptors (Lipinski definition) is 24. The Morgan fingerprint density at radius 3 is 1.09 bits per heavy atom. The molecule has 0 aromatic heterocycles. The SMILES string of the molecule is CC[C@H](C)[C@H](NC(=O)CNC(=O)[C@H](C)NC(=O)CNC(=O)[C@@H](NC(=O)[C@@H](N)[C@@H](C)O)C(C)C)C(=O)N[C@H](C(=O)N[C@H](C(=O)N[C@@H](CO)C(=O)N[C@@H](CC(=O)O)C(=O)N[C@@H](C)C(=O)N[C@@H](CC(N)=O)C(=O)N[C@@H](CC(C)C)C(=O)N[C@H](C(=O)N[C@H](C(=O)N[C@@H](CC(C)C)C(=O)NCC(=O)O)C(C)C)[C@@H](C)O)[C@@H](C)CC)[C@@H](C)O. The van der Waals surface area contributed by atoms with Gasteiger partial charge >= 0.3 is 11.9 Å². The van der Waals surface area contributed by atoms with Gasteiger partial charge in [0.2, 0.25) is 100 Å². The molecule has 26 N–H and O–H groups in total. The smallest absolute Gasteiger partial charge is 0.322 e. The Kier molecular flexibility index (Phi) is 45.3. The molecule has 636 valence electrons. The van der Waals surface area contributed by atoms with Crippen molar-refractivity contribution in [1.82, 2.24) is 85.1 Å². The Morgan fingerprint density at radius 1 is 0.312 bits per heavy atom. The molecule has 43 heteroatoms. The molecule has 0 bridgehead atoms. The van der Waals surface area contributed by atoms with Gasteiger partial charge in [-0.25, -0.2) is 0 Å². The Bertz CT molecular complexity index is 3280. The topological polar surface area (TPSA) is 690 Å². The molecule has 43 nitrogen and oxygen atoms in total. The fourth-order valence-electron chi connectivity index (χ4n) is 10.3. The molecular weight excluding hydrogens is 1480 g/mol. The monoisotopic (exact) mass is 1600 g/mol. The first-order chi connectivity index (χ1) is 51.8. The van der Waals surface area contributed by atoms with Crippen molar-refractivity contribution in [3.05, 3.63) is 0 Å². The maximum absolute atomic E-state index is 14.0. The van der Waals surface area contributed by atoms with Crippen LogP contribution < -0.4 is 96.5 Å². The van der Waals surface area contributed by atoms with Crippen LogP contribution in [0.5, 0.6) is 0 Å². The van der Waals surface area contributed by atoms with Gasteiger partial charge < -0.3 is 127 Å². The van der Waals surface area contributed by atoms with E-state index in [1.807, 2.05) is 0 Å². The van der Waals surface area contributed by atoms with E-state index in [1.54, 1.807) is 62.3 Å². The lowest BCUT2D eigenvalue weighted by Gasteiger charge is -2.30. The maximum Gasteiger partial charge on any atom is 0.322 e. The fourth-order valence-corrected chi connectivity index (χ4v) is 10.3.